The zero-order chi connectivity index (χ0) is 12.4. The quantitative estimate of drug-likeness (QED) is 0.852. The molecule has 0 aliphatic heterocycles. The maximum absolute atomic E-state index is 9.55. The van der Waals surface area contributed by atoms with Crippen LogP contribution in [0.2, 0.25) is 0 Å². The Morgan fingerprint density at radius 2 is 2.24 bits per heavy atom. The zero-order valence-corrected chi connectivity index (χ0v) is 10.7. The van der Waals surface area contributed by atoms with E-state index in [2.05, 4.69) is 9.97 Å². The van der Waals surface area contributed by atoms with Gasteiger partial charge >= 0.3 is 0 Å². The number of hydrogen-bond donors (Lipinski definition) is 1. The number of rotatable bonds is 5. The average molecular weight is 236 g/mol. The normalized spacial score (nSPS) is 19.1. The largest absolute Gasteiger partial charge is 0.389 e. The topological polar surface area (TPSA) is 55.2 Å². The Morgan fingerprint density at radius 3 is 2.71 bits per heavy atom. The van der Waals surface area contributed by atoms with Gasteiger partial charge in [0.25, 0.3) is 0 Å². The molecule has 1 heterocycles. The molecule has 1 fully saturated rings. The molecule has 1 unspecified atom stereocenters. The van der Waals surface area contributed by atoms with Crippen LogP contribution in [0.3, 0.4) is 0 Å². The maximum atomic E-state index is 9.55. The summed E-state index contributed by atoms with van der Waals surface area (Å²) in [5.41, 5.74) is 1.63. The van der Waals surface area contributed by atoms with Crippen LogP contribution in [0.1, 0.15) is 56.0 Å². The van der Waals surface area contributed by atoms with Crippen LogP contribution < -0.4 is 0 Å². The van der Waals surface area contributed by atoms with Gasteiger partial charge in [-0.1, -0.05) is 0 Å². The van der Waals surface area contributed by atoms with Crippen LogP contribution in [0.25, 0.3) is 0 Å². The Labute approximate surface area is 102 Å². The number of hydrogen-bond acceptors (Lipinski definition) is 4. The minimum absolute atomic E-state index is 0.0294. The molecule has 0 spiro atoms. The van der Waals surface area contributed by atoms with Crippen LogP contribution in [-0.2, 0) is 4.74 Å². The molecule has 0 aromatic carbocycles. The van der Waals surface area contributed by atoms with Gasteiger partial charge in [0.15, 0.2) is 5.82 Å². The summed E-state index contributed by atoms with van der Waals surface area (Å²) in [7, 11) is 0. The van der Waals surface area contributed by atoms with Gasteiger partial charge in [-0.15, -0.1) is 0 Å². The van der Waals surface area contributed by atoms with Gasteiger partial charge in [-0.2, -0.15) is 0 Å². The molecule has 4 heteroatoms. The molecule has 0 amide bonds. The predicted octanol–water partition coefficient (Wildman–Crippen LogP) is 2.33. The summed E-state index contributed by atoms with van der Waals surface area (Å²) < 4.78 is 5.72. The van der Waals surface area contributed by atoms with Gasteiger partial charge < -0.3 is 9.84 Å². The Balaban J connectivity index is 2.22. The van der Waals surface area contributed by atoms with Crippen LogP contribution in [0.5, 0.6) is 0 Å². The summed E-state index contributed by atoms with van der Waals surface area (Å²) in [5, 5.41) is 9.55. The minimum Gasteiger partial charge on any atom is -0.389 e. The second-order valence-electron chi connectivity index (χ2n) is 4.66. The average Bonchev–Trinajstić information content (AvgIpc) is 3.09. The van der Waals surface area contributed by atoms with Crippen molar-refractivity contribution in [3.8, 4) is 0 Å². The van der Waals surface area contributed by atoms with Gasteiger partial charge in [0.1, 0.15) is 6.10 Å². The van der Waals surface area contributed by atoms with Crippen molar-refractivity contribution in [1.82, 2.24) is 9.97 Å². The van der Waals surface area contributed by atoms with Crippen LogP contribution in [0, 0.1) is 12.8 Å². The van der Waals surface area contributed by atoms with E-state index in [-0.39, 0.29) is 6.10 Å². The standard InChI is InChI=1S/C13H20N2O2/c1-4-17-12(10-5-6-10)13-14-7-11(9(3)16)8(2)15-13/h7,9-10,12,16H,4-6H2,1-3H3/t9-,12?/m1/s1. The highest BCUT2D eigenvalue weighted by Crippen LogP contribution is 2.42. The van der Waals surface area contributed by atoms with Crippen molar-refractivity contribution in [2.24, 2.45) is 5.92 Å². The van der Waals surface area contributed by atoms with Gasteiger partial charge in [0, 0.05) is 24.1 Å². The second kappa shape index (κ2) is 5.10. The first-order valence-electron chi connectivity index (χ1n) is 6.26. The van der Waals surface area contributed by atoms with Gasteiger partial charge in [0.2, 0.25) is 0 Å². The number of ether oxygens (including phenoxy) is 1. The Morgan fingerprint density at radius 1 is 1.53 bits per heavy atom. The van der Waals surface area contributed by atoms with E-state index in [1.807, 2.05) is 13.8 Å². The second-order valence-corrected chi connectivity index (χ2v) is 4.66. The Hall–Kier alpha value is -1.00. The summed E-state index contributed by atoms with van der Waals surface area (Å²) in [6, 6.07) is 0. The first-order valence-corrected chi connectivity index (χ1v) is 6.26. The lowest BCUT2D eigenvalue weighted by Gasteiger charge is -2.16. The molecule has 0 bridgehead atoms. The number of aliphatic hydroxyl groups excluding tert-OH is 1. The van der Waals surface area contributed by atoms with Crippen molar-refractivity contribution in [3.05, 3.63) is 23.3 Å². The first-order chi connectivity index (χ1) is 8.13. The monoisotopic (exact) mass is 236 g/mol. The first kappa shape index (κ1) is 12.5. The lowest BCUT2D eigenvalue weighted by molar-refractivity contribution is 0.0397. The van der Waals surface area contributed by atoms with Crippen LogP contribution in [-0.4, -0.2) is 21.7 Å². The molecule has 2 rings (SSSR count). The fraction of sp³-hybridized carbons (Fsp3) is 0.692. The van der Waals surface area contributed by atoms with Gasteiger partial charge in [-0.05, 0) is 39.5 Å². The van der Waals surface area contributed by atoms with E-state index in [1.54, 1.807) is 13.1 Å². The molecular formula is C13H20N2O2. The van der Waals surface area contributed by atoms with E-state index in [0.717, 1.165) is 17.1 Å². The predicted molar refractivity (Wildman–Crippen MR) is 64.5 cm³/mol. The van der Waals surface area contributed by atoms with E-state index >= 15 is 0 Å². The smallest absolute Gasteiger partial charge is 0.157 e. The van der Waals surface area contributed by atoms with Crippen LogP contribution >= 0.6 is 0 Å². The summed E-state index contributed by atoms with van der Waals surface area (Å²) in [6.07, 6.45) is 3.63. The van der Waals surface area contributed by atoms with E-state index in [9.17, 15) is 5.11 Å². The molecule has 0 saturated heterocycles. The van der Waals surface area contributed by atoms with E-state index < -0.39 is 6.10 Å². The van der Waals surface area contributed by atoms with Crippen LogP contribution in [0.15, 0.2) is 6.20 Å². The van der Waals surface area contributed by atoms with Gasteiger partial charge in [-0.3, -0.25) is 0 Å². The van der Waals surface area contributed by atoms with Crippen molar-refractivity contribution in [2.75, 3.05) is 6.61 Å². The highest BCUT2D eigenvalue weighted by atomic mass is 16.5. The highest BCUT2D eigenvalue weighted by molar-refractivity contribution is 5.19. The number of aryl methyl sites for hydroxylation is 1. The zero-order valence-electron chi connectivity index (χ0n) is 10.7. The fourth-order valence-electron chi connectivity index (χ4n) is 2.04. The number of aromatic nitrogens is 2. The molecule has 1 aliphatic carbocycles. The van der Waals surface area contributed by atoms with Crippen molar-refractivity contribution in [1.29, 1.82) is 0 Å². The number of aliphatic hydroxyl groups is 1. The summed E-state index contributed by atoms with van der Waals surface area (Å²) in [4.78, 5) is 8.82. The third kappa shape index (κ3) is 2.82. The Kier molecular flexibility index (Phi) is 3.74. The molecule has 4 nitrogen and oxygen atoms in total. The van der Waals surface area contributed by atoms with Crippen LogP contribution in [0.4, 0.5) is 0 Å². The van der Waals surface area contributed by atoms with Crippen molar-refractivity contribution >= 4 is 0 Å². The third-order valence-corrected chi connectivity index (χ3v) is 3.14. The molecule has 94 valence electrons. The fourth-order valence-corrected chi connectivity index (χ4v) is 2.04. The molecule has 2 atom stereocenters. The molecular weight excluding hydrogens is 216 g/mol. The molecule has 1 aliphatic rings. The molecule has 17 heavy (non-hydrogen) atoms. The Bertz CT molecular complexity index is 389. The maximum Gasteiger partial charge on any atom is 0.157 e. The van der Waals surface area contributed by atoms with E-state index in [4.69, 9.17) is 4.74 Å². The molecule has 1 aromatic rings. The summed E-state index contributed by atoms with van der Waals surface area (Å²) in [5.74, 6) is 1.34. The summed E-state index contributed by atoms with van der Waals surface area (Å²) >= 11 is 0. The van der Waals surface area contributed by atoms with Gasteiger partial charge in [0.05, 0.1) is 6.10 Å². The highest BCUT2D eigenvalue weighted by Gasteiger charge is 2.35. The molecule has 0 radical (unpaired) electrons. The molecule has 1 N–H and O–H groups in total. The van der Waals surface area contributed by atoms with Crippen molar-refractivity contribution < 1.29 is 9.84 Å². The third-order valence-electron chi connectivity index (χ3n) is 3.14. The van der Waals surface area contributed by atoms with Crippen molar-refractivity contribution in [2.45, 2.75) is 45.8 Å². The van der Waals surface area contributed by atoms with Crippen molar-refractivity contribution in [3.63, 3.8) is 0 Å². The van der Waals surface area contributed by atoms with E-state index in [0.29, 0.717) is 12.5 Å². The van der Waals surface area contributed by atoms with E-state index in [1.165, 1.54) is 12.8 Å². The number of nitrogens with zero attached hydrogens (tertiary/aromatic N) is 2. The SMILES string of the molecule is CCOC(c1ncc([C@@H](C)O)c(C)n1)C1CC1. The minimum atomic E-state index is -0.518. The molecule has 1 aromatic heterocycles. The lowest BCUT2D eigenvalue weighted by Crippen LogP contribution is -2.13. The lowest BCUT2D eigenvalue weighted by atomic mass is 10.1. The summed E-state index contributed by atoms with van der Waals surface area (Å²) in [6.45, 7) is 6.31. The van der Waals surface area contributed by atoms with Gasteiger partial charge in [-0.25, -0.2) is 9.97 Å². The molecule has 1 saturated carbocycles.